The van der Waals surface area contributed by atoms with Gasteiger partial charge in [0.05, 0.1) is 19.1 Å². The van der Waals surface area contributed by atoms with E-state index in [9.17, 15) is 4.79 Å². The molecule has 1 aliphatic rings. The van der Waals surface area contributed by atoms with E-state index in [1.54, 1.807) is 6.33 Å². The average molecular weight is 218 g/mol. The highest BCUT2D eigenvalue weighted by Crippen LogP contribution is 2.11. The number of hydrogen-bond donors (Lipinski definition) is 1. The highest BCUT2D eigenvalue weighted by Gasteiger charge is 2.19. The van der Waals surface area contributed by atoms with E-state index in [1.165, 1.54) is 7.11 Å². The van der Waals surface area contributed by atoms with Crippen molar-refractivity contribution in [3.05, 3.63) is 17.7 Å². The molecule has 6 heteroatoms. The SMILES string of the molecule is COC(=O)c1ncn2c1CNCC2.Cl. The van der Waals surface area contributed by atoms with E-state index < -0.39 is 0 Å². The smallest absolute Gasteiger partial charge is 0.358 e. The lowest BCUT2D eigenvalue weighted by Crippen LogP contribution is -2.28. The molecule has 1 aromatic rings. The maximum atomic E-state index is 11.2. The second kappa shape index (κ2) is 4.43. The summed E-state index contributed by atoms with van der Waals surface area (Å²) in [5, 5.41) is 3.18. The van der Waals surface area contributed by atoms with Gasteiger partial charge in [-0.2, -0.15) is 0 Å². The van der Waals surface area contributed by atoms with Crippen molar-refractivity contribution >= 4 is 18.4 Å². The molecule has 0 saturated heterocycles. The Balaban J connectivity index is 0.000000980. The van der Waals surface area contributed by atoms with Gasteiger partial charge >= 0.3 is 5.97 Å². The number of methoxy groups -OCH3 is 1. The van der Waals surface area contributed by atoms with Gasteiger partial charge in [0.1, 0.15) is 0 Å². The summed E-state index contributed by atoms with van der Waals surface area (Å²) in [6.07, 6.45) is 1.68. The summed E-state index contributed by atoms with van der Waals surface area (Å²) >= 11 is 0. The number of esters is 1. The van der Waals surface area contributed by atoms with Gasteiger partial charge in [-0.05, 0) is 0 Å². The Hall–Kier alpha value is -1.07. The Labute approximate surface area is 87.9 Å². The number of carbonyl (C=O) groups is 1. The minimum atomic E-state index is -0.363. The van der Waals surface area contributed by atoms with Crippen LogP contribution in [-0.4, -0.2) is 29.2 Å². The maximum Gasteiger partial charge on any atom is 0.358 e. The van der Waals surface area contributed by atoms with E-state index in [0.717, 1.165) is 18.8 Å². The van der Waals surface area contributed by atoms with Gasteiger partial charge in [-0.3, -0.25) is 0 Å². The van der Waals surface area contributed by atoms with Crippen molar-refractivity contribution < 1.29 is 9.53 Å². The number of halogens is 1. The second-order valence-electron chi connectivity index (χ2n) is 2.90. The predicted octanol–water partition coefficient (Wildman–Crippen LogP) is 0.195. The molecule has 2 heterocycles. The molecule has 0 radical (unpaired) electrons. The fourth-order valence-electron chi connectivity index (χ4n) is 1.46. The maximum absolute atomic E-state index is 11.2. The molecule has 0 aromatic carbocycles. The monoisotopic (exact) mass is 217 g/mol. The second-order valence-corrected chi connectivity index (χ2v) is 2.90. The zero-order valence-corrected chi connectivity index (χ0v) is 8.63. The summed E-state index contributed by atoms with van der Waals surface area (Å²) in [6.45, 7) is 2.47. The third-order valence-electron chi connectivity index (χ3n) is 2.15. The molecular weight excluding hydrogens is 206 g/mol. The Morgan fingerprint density at radius 3 is 3.21 bits per heavy atom. The van der Waals surface area contributed by atoms with Gasteiger partial charge in [-0.1, -0.05) is 0 Å². The predicted molar refractivity (Wildman–Crippen MR) is 52.5 cm³/mol. The van der Waals surface area contributed by atoms with Crippen molar-refractivity contribution in [2.75, 3.05) is 13.7 Å². The summed E-state index contributed by atoms with van der Waals surface area (Å²) in [4.78, 5) is 15.2. The van der Waals surface area contributed by atoms with Crippen LogP contribution in [-0.2, 0) is 17.8 Å². The first-order valence-corrected chi connectivity index (χ1v) is 4.16. The fraction of sp³-hybridized carbons (Fsp3) is 0.500. The molecule has 0 atom stereocenters. The first kappa shape index (κ1) is 11.0. The number of nitrogens with zero attached hydrogens (tertiary/aromatic N) is 2. The van der Waals surface area contributed by atoms with Crippen molar-refractivity contribution in [2.45, 2.75) is 13.1 Å². The number of fused-ring (bicyclic) bond motifs is 1. The van der Waals surface area contributed by atoms with Crippen molar-refractivity contribution in [1.29, 1.82) is 0 Å². The molecule has 1 aromatic heterocycles. The summed E-state index contributed by atoms with van der Waals surface area (Å²) in [5.74, 6) is -0.363. The minimum absolute atomic E-state index is 0. The normalized spacial score (nSPS) is 14.1. The van der Waals surface area contributed by atoms with Crippen molar-refractivity contribution in [3.63, 3.8) is 0 Å². The number of ether oxygens (including phenoxy) is 1. The molecule has 0 amide bonds. The first-order chi connectivity index (χ1) is 6.33. The van der Waals surface area contributed by atoms with Gasteiger partial charge in [0.25, 0.3) is 0 Å². The van der Waals surface area contributed by atoms with Gasteiger partial charge in [0.15, 0.2) is 5.69 Å². The molecular formula is C8H12ClN3O2. The number of rotatable bonds is 1. The van der Waals surface area contributed by atoms with Crippen LogP contribution in [0.15, 0.2) is 6.33 Å². The molecule has 0 unspecified atom stereocenters. The van der Waals surface area contributed by atoms with Crippen LogP contribution in [0.1, 0.15) is 16.2 Å². The van der Waals surface area contributed by atoms with Crippen LogP contribution in [0.5, 0.6) is 0 Å². The number of imidazole rings is 1. The fourth-order valence-corrected chi connectivity index (χ4v) is 1.46. The van der Waals surface area contributed by atoms with Crippen molar-refractivity contribution in [3.8, 4) is 0 Å². The largest absolute Gasteiger partial charge is 0.464 e. The van der Waals surface area contributed by atoms with Gasteiger partial charge in [-0.25, -0.2) is 9.78 Å². The minimum Gasteiger partial charge on any atom is -0.464 e. The Morgan fingerprint density at radius 2 is 2.50 bits per heavy atom. The van der Waals surface area contributed by atoms with E-state index in [-0.39, 0.29) is 18.4 Å². The standard InChI is InChI=1S/C8H11N3O2.ClH/c1-13-8(12)7-6-4-9-2-3-11(6)5-10-7;/h5,9H,2-4H2,1H3;1H. The van der Waals surface area contributed by atoms with Crippen LogP contribution in [0, 0.1) is 0 Å². The van der Waals surface area contributed by atoms with Crippen LogP contribution >= 0.6 is 12.4 Å². The van der Waals surface area contributed by atoms with E-state index in [2.05, 4.69) is 15.0 Å². The molecule has 0 saturated carbocycles. The molecule has 0 spiro atoms. The number of nitrogens with one attached hydrogen (secondary N) is 1. The van der Waals surface area contributed by atoms with Crippen LogP contribution in [0.2, 0.25) is 0 Å². The molecule has 2 rings (SSSR count). The van der Waals surface area contributed by atoms with Crippen LogP contribution < -0.4 is 5.32 Å². The van der Waals surface area contributed by atoms with E-state index in [1.807, 2.05) is 4.57 Å². The van der Waals surface area contributed by atoms with Gasteiger partial charge in [-0.15, -0.1) is 12.4 Å². The molecule has 5 nitrogen and oxygen atoms in total. The third-order valence-corrected chi connectivity index (χ3v) is 2.15. The van der Waals surface area contributed by atoms with E-state index in [0.29, 0.717) is 12.2 Å². The van der Waals surface area contributed by atoms with Crippen LogP contribution in [0.3, 0.4) is 0 Å². The van der Waals surface area contributed by atoms with Gasteiger partial charge < -0.3 is 14.6 Å². The molecule has 1 aliphatic heterocycles. The molecule has 0 aliphatic carbocycles. The van der Waals surface area contributed by atoms with Crippen LogP contribution in [0.25, 0.3) is 0 Å². The van der Waals surface area contributed by atoms with Crippen molar-refractivity contribution in [2.24, 2.45) is 0 Å². The lowest BCUT2D eigenvalue weighted by Gasteiger charge is -2.15. The number of aromatic nitrogens is 2. The highest BCUT2D eigenvalue weighted by atomic mass is 35.5. The van der Waals surface area contributed by atoms with Gasteiger partial charge in [0.2, 0.25) is 0 Å². The third kappa shape index (κ3) is 1.73. The lowest BCUT2D eigenvalue weighted by atomic mass is 10.3. The average Bonchev–Trinajstić information content (AvgIpc) is 2.60. The number of carbonyl (C=O) groups excluding carboxylic acids is 1. The first-order valence-electron chi connectivity index (χ1n) is 4.16. The molecule has 0 bridgehead atoms. The molecule has 78 valence electrons. The number of hydrogen-bond acceptors (Lipinski definition) is 4. The Kier molecular flexibility index (Phi) is 3.49. The summed E-state index contributed by atoms with van der Waals surface area (Å²) in [5.41, 5.74) is 1.34. The molecule has 14 heavy (non-hydrogen) atoms. The van der Waals surface area contributed by atoms with Gasteiger partial charge in [0, 0.05) is 19.6 Å². The summed E-state index contributed by atoms with van der Waals surface area (Å²) in [6, 6.07) is 0. The lowest BCUT2D eigenvalue weighted by molar-refractivity contribution is 0.0592. The summed E-state index contributed by atoms with van der Waals surface area (Å²) < 4.78 is 6.59. The zero-order valence-electron chi connectivity index (χ0n) is 7.82. The molecule has 1 N–H and O–H groups in total. The van der Waals surface area contributed by atoms with E-state index in [4.69, 9.17) is 0 Å². The highest BCUT2D eigenvalue weighted by molar-refractivity contribution is 5.88. The zero-order chi connectivity index (χ0) is 9.26. The quantitative estimate of drug-likeness (QED) is 0.683. The van der Waals surface area contributed by atoms with Crippen molar-refractivity contribution in [1.82, 2.24) is 14.9 Å². The summed E-state index contributed by atoms with van der Waals surface area (Å²) in [7, 11) is 1.37. The topological polar surface area (TPSA) is 56.1 Å². The molecule has 0 fully saturated rings. The Morgan fingerprint density at radius 1 is 1.71 bits per heavy atom. The van der Waals surface area contributed by atoms with E-state index >= 15 is 0 Å². The Bertz CT molecular complexity index is 337. The van der Waals surface area contributed by atoms with Crippen LogP contribution in [0.4, 0.5) is 0 Å².